The van der Waals surface area contributed by atoms with E-state index in [2.05, 4.69) is 44.2 Å². The minimum Gasteiger partial charge on any atom is -0.300 e. The molecule has 0 aliphatic carbocycles. The van der Waals surface area contributed by atoms with Gasteiger partial charge in [0.25, 0.3) is 0 Å². The fourth-order valence-electron chi connectivity index (χ4n) is 2.41. The number of Topliss-reactive ketones (excluding diaryl/α,β-unsaturated/α-hetero) is 1. The number of rotatable bonds is 8. The molecule has 0 saturated heterocycles. The van der Waals surface area contributed by atoms with Gasteiger partial charge in [-0.3, -0.25) is 0 Å². The molecule has 0 radical (unpaired) electrons. The van der Waals surface area contributed by atoms with E-state index in [1.807, 2.05) is 0 Å². The summed E-state index contributed by atoms with van der Waals surface area (Å²) < 4.78 is 0. The van der Waals surface area contributed by atoms with Gasteiger partial charge in [-0.2, -0.15) is 0 Å². The molecule has 0 aliphatic rings. The maximum absolute atomic E-state index is 11.0. The molecule has 0 aliphatic heterocycles. The van der Waals surface area contributed by atoms with Crippen LogP contribution in [0.1, 0.15) is 64.4 Å². The van der Waals surface area contributed by atoms with Crippen LogP contribution >= 0.6 is 0 Å². The highest BCUT2D eigenvalue weighted by atomic mass is 16.1. The van der Waals surface area contributed by atoms with E-state index in [1.54, 1.807) is 6.92 Å². The Morgan fingerprint density at radius 1 is 1.11 bits per heavy atom. The van der Waals surface area contributed by atoms with Crippen LogP contribution in [0.4, 0.5) is 0 Å². The average molecular weight is 246 g/mol. The molecular formula is C17H26O. The van der Waals surface area contributed by atoms with Gasteiger partial charge in [0.2, 0.25) is 0 Å². The predicted molar refractivity (Wildman–Crippen MR) is 77.8 cm³/mol. The molecule has 0 heterocycles. The Hall–Kier alpha value is -1.11. The molecule has 1 rings (SSSR count). The van der Waals surface area contributed by atoms with Crippen LogP contribution < -0.4 is 0 Å². The summed E-state index contributed by atoms with van der Waals surface area (Å²) in [6, 6.07) is 10.8. The second-order valence-electron chi connectivity index (χ2n) is 5.44. The molecule has 1 aromatic carbocycles. The summed E-state index contributed by atoms with van der Waals surface area (Å²) in [5.41, 5.74) is 1.46. The van der Waals surface area contributed by atoms with E-state index in [1.165, 1.54) is 24.8 Å². The predicted octanol–water partition coefficient (Wildman–Crippen LogP) is 4.97. The Morgan fingerprint density at radius 3 is 2.33 bits per heavy atom. The number of benzene rings is 1. The largest absolute Gasteiger partial charge is 0.300 e. The summed E-state index contributed by atoms with van der Waals surface area (Å²) in [5.74, 6) is 1.65. The SMILES string of the molecule is CCC(CCC(C)CCC(C)=O)c1ccccc1. The third-order valence-electron chi connectivity index (χ3n) is 3.76. The van der Waals surface area contributed by atoms with Gasteiger partial charge in [0.05, 0.1) is 0 Å². The van der Waals surface area contributed by atoms with Crippen molar-refractivity contribution in [1.29, 1.82) is 0 Å². The average Bonchev–Trinajstić information content (AvgIpc) is 2.38. The van der Waals surface area contributed by atoms with E-state index >= 15 is 0 Å². The third kappa shape index (κ3) is 5.48. The lowest BCUT2D eigenvalue weighted by atomic mass is 9.87. The lowest BCUT2D eigenvalue weighted by Gasteiger charge is -2.18. The molecule has 0 spiro atoms. The van der Waals surface area contributed by atoms with Gasteiger partial charge >= 0.3 is 0 Å². The highest BCUT2D eigenvalue weighted by Gasteiger charge is 2.11. The van der Waals surface area contributed by atoms with E-state index < -0.39 is 0 Å². The van der Waals surface area contributed by atoms with E-state index in [0.29, 0.717) is 17.6 Å². The van der Waals surface area contributed by atoms with Gasteiger partial charge in [-0.1, -0.05) is 50.6 Å². The van der Waals surface area contributed by atoms with Crippen LogP contribution in [-0.4, -0.2) is 5.78 Å². The fraction of sp³-hybridized carbons (Fsp3) is 0.588. The Labute approximate surface area is 112 Å². The molecule has 0 bridgehead atoms. The van der Waals surface area contributed by atoms with Crippen LogP contribution in [-0.2, 0) is 4.79 Å². The lowest BCUT2D eigenvalue weighted by molar-refractivity contribution is -0.117. The van der Waals surface area contributed by atoms with Crippen molar-refractivity contribution < 1.29 is 4.79 Å². The van der Waals surface area contributed by atoms with E-state index in [4.69, 9.17) is 0 Å². The van der Waals surface area contributed by atoms with Gasteiger partial charge < -0.3 is 4.79 Å². The van der Waals surface area contributed by atoms with Gasteiger partial charge in [-0.25, -0.2) is 0 Å². The van der Waals surface area contributed by atoms with Gasteiger partial charge in [0, 0.05) is 6.42 Å². The summed E-state index contributed by atoms with van der Waals surface area (Å²) >= 11 is 0. The van der Waals surface area contributed by atoms with Crippen molar-refractivity contribution >= 4 is 5.78 Å². The van der Waals surface area contributed by atoms with Crippen LogP contribution in [0, 0.1) is 5.92 Å². The van der Waals surface area contributed by atoms with Crippen molar-refractivity contribution in [2.24, 2.45) is 5.92 Å². The number of carbonyl (C=O) groups excluding carboxylic acids is 1. The Bertz CT molecular complexity index is 342. The van der Waals surface area contributed by atoms with Crippen LogP contribution in [0.5, 0.6) is 0 Å². The molecule has 0 amide bonds. The second kappa shape index (κ2) is 8.07. The van der Waals surface area contributed by atoms with E-state index in [9.17, 15) is 4.79 Å². The first-order chi connectivity index (χ1) is 8.63. The van der Waals surface area contributed by atoms with Crippen molar-refractivity contribution in [3.8, 4) is 0 Å². The molecule has 1 heteroatoms. The number of hydrogen-bond donors (Lipinski definition) is 0. The molecule has 1 nitrogen and oxygen atoms in total. The Morgan fingerprint density at radius 2 is 1.78 bits per heavy atom. The minimum absolute atomic E-state index is 0.317. The van der Waals surface area contributed by atoms with Gasteiger partial charge in [-0.05, 0) is 43.6 Å². The van der Waals surface area contributed by atoms with Crippen molar-refractivity contribution in [3.05, 3.63) is 35.9 Å². The maximum atomic E-state index is 11.0. The van der Waals surface area contributed by atoms with E-state index in [-0.39, 0.29) is 0 Å². The van der Waals surface area contributed by atoms with Crippen LogP contribution in [0.25, 0.3) is 0 Å². The molecule has 0 aromatic heterocycles. The Balaban J connectivity index is 2.38. The van der Waals surface area contributed by atoms with E-state index in [0.717, 1.165) is 12.8 Å². The molecule has 2 unspecified atom stereocenters. The van der Waals surface area contributed by atoms with Crippen LogP contribution in [0.15, 0.2) is 30.3 Å². The van der Waals surface area contributed by atoms with Crippen molar-refractivity contribution in [3.63, 3.8) is 0 Å². The first-order valence-corrected chi connectivity index (χ1v) is 7.17. The van der Waals surface area contributed by atoms with Gasteiger partial charge in [0.15, 0.2) is 0 Å². The quantitative estimate of drug-likeness (QED) is 0.633. The van der Waals surface area contributed by atoms with Gasteiger partial charge in [0.1, 0.15) is 5.78 Å². The number of hydrogen-bond acceptors (Lipinski definition) is 1. The summed E-state index contributed by atoms with van der Waals surface area (Å²) in [6.45, 7) is 6.21. The molecular weight excluding hydrogens is 220 g/mol. The molecule has 1 aromatic rings. The number of ketones is 1. The summed E-state index contributed by atoms with van der Waals surface area (Å²) in [6.07, 6.45) is 5.44. The zero-order chi connectivity index (χ0) is 13.4. The third-order valence-corrected chi connectivity index (χ3v) is 3.76. The normalized spacial score (nSPS) is 14.2. The standard InChI is InChI=1S/C17H26O/c1-4-16(17-8-6-5-7-9-17)13-11-14(2)10-12-15(3)18/h5-9,14,16H,4,10-13H2,1-3H3. The first kappa shape index (κ1) is 14.9. The van der Waals surface area contributed by atoms with Crippen molar-refractivity contribution in [1.82, 2.24) is 0 Å². The molecule has 2 atom stereocenters. The van der Waals surface area contributed by atoms with Crippen molar-refractivity contribution in [2.75, 3.05) is 0 Å². The topological polar surface area (TPSA) is 17.1 Å². The minimum atomic E-state index is 0.317. The highest BCUT2D eigenvalue weighted by Crippen LogP contribution is 2.27. The number of carbonyl (C=O) groups is 1. The zero-order valence-electron chi connectivity index (χ0n) is 12.0. The summed E-state index contributed by atoms with van der Waals surface area (Å²) in [7, 11) is 0. The highest BCUT2D eigenvalue weighted by molar-refractivity contribution is 5.75. The summed E-state index contributed by atoms with van der Waals surface area (Å²) in [5, 5.41) is 0. The second-order valence-corrected chi connectivity index (χ2v) is 5.44. The smallest absolute Gasteiger partial charge is 0.129 e. The first-order valence-electron chi connectivity index (χ1n) is 7.17. The maximum Gasteiger partial charge on any atom is 0.129 e. The lowest BCUT2D eigenvalue weighted by Crippen LogP contribution is -2.03. The molecule has 0 fully saturated rings. The molecule has 18 heavy (non-hydrogen) atoms. The van der Waals surface area contributed by atoms with Crippen LogP contribution in [0.3, 0.4) is 0 Å². The fourth-order valence-corrected chi connectivity index (χ4v) is 2.41. The molecule has 0 saturated carbocycles. The molecule has 0 N–H and O–H groups in total. The van der Waals surface area contributed by atoms with Crippen molar-refractivity contribution in [2.45, 2.75) is 58.8 Å². The monoisotopic (exact) mass is 246 g/mol. The Kier molecular flexibility index (Phi) is 6.70. The molecule has 100 valence electrons. The van der Waals surface area contributed by atoms with Gasteiger partial charge in [-0.15, -0.1) is 0 Å². The van der Waals surface area contributed by atoms with Crippen LogP contribution in [0.2, 0.25) is 0 Å². The zero-order valence-corrected chi connectivity index (χ0v) is 12.0. The summed E-state index contributed by atoms with van der Waals surface area (Å²) in [4.78, 5) is 11.0.